The number of rotatable bonds is 1. The Morgan fingerprint density at radius 1 is 1.54 bits per heavy atom. The van der Waals surface area contributed by atoms with E-state index in [-0.39, 0.29) is 5.69 Å². The van der Waals surface area contributed by atoms with E-state index in [1.54, 1.807) is 4.68 Å². The van der Waals surface area contributed by atoms with Crippen LogP contribution >= 0.6 is 0 Å². The zero-order chi connectivity index (χ0) is 9.42. The first kappa shape index (κ1) is 7.97. The minimum Gasteiger partial charge on any atom is -0.396 e. The molecule has 1 aromatic carbocycles. The highest BCUT2D eigenvalue weighted by atomic mass is 19.1. The van der Waals surface area contributed by atoms with Crippen molar-refractivity contribution in [2.75, 3.05) is 5.73 Å². The molecule has 0 bridgehead atoms. The summed E-state index contributed by atoms with van der Waals surface area (Å²) in [5, 5.41) is 7.70. The summed E-state index contributed by atoms with van der Waals surface area (Å²) >= 11 is 0. The van der Waals surface area contributed by atoms with Crippen molar-refractivity contribution in [1.29, 1.82) is 0 Å². The lowest BCUT2D eigenvalue weighted by molar-refractivity contribution is 0.625. The van der Waals surface area contributed by atoms with Gasteiger partial charge in [0.2, 0.25) is 0 Å². The van der Waals surface area contributed by atoms with E-state index in [1.807, 2.05) is 6.92 Å². The van der Waals surface area contributed by atoms with Gasteiger partial charge in [0.05, 0.1) is 11.2 Å². The van der Waals surface area contributed by atoms with Crippen LogP contribution in [0, 0.1) is 5.82 Å². The highest BCUT2D eigenvalue weighted by Crippen LogP contribution is 2.18. The average molecular weight is 180 g/mol. The first-order chi connectivity index (χ1) is 6.22. The highest BCUT2D eigenvalue weighted by molar-refractivity contribution is 5.78. The molecule has 13 heavy (non-hydrogen) atoms. The monoisotopic (exact) mass is 180 g/mol. The van der Waals surface area contributed by atoms with Gasteiger partial charge in [-0.25, -0.2) is 9.07 Å². The van der Waals surface area contributed by atoms with Gasteiger partial charge in [-0.1, -0.05) is 5.21 Å². The molecule has 0 saturated carbocycles. The summed E-state index contributed by atoms with van der Waals surface area (Å²) < 4.78 is 14.7. The number of fused-ring (bicyclic) bond motifs is 1. The SMILES string of the molecule is CCn1nnc2cc(N)c(F)cc21. The van der Waals surface area contributed by atoms with Gasteiger partial charge in [-0.3, -0.25) is 0 Å². The molecule has 1 aromatic heterocycles. The van der Waals surface area contributed by atoms with Crippen molar-refractivity contribution in [3.05, 3.63) is 17.9 Å². The molecule has 0 saturated heterocycles. The predicted octanol–water partition coefficient (Wildman–Crippen LogP) is 1.17. The summed E-state index contributed by atoms with van der Waals surface area (Å²) in [6.07, 6.45) is 0. The summed E-state index contributed by atoms with van der Waals surface area (Å²) in [4.78, 5) is 0. The third-order valence-electron chi connectivity index (χ3n) is 1.93. The molecule has 1 heterocycles. The first-order valence-electron chi connectivity index (χ1n) is 4.00. The Morgan fingerprint density at radius 2 is 2.31 bits per heavy atom. The Kier molecular flexibility index (Phi) is 1.65. The molecule has 0 aliphatic rings. The second-order valence-corrected chi connectivity index (χ2v) is 2.77. The van der Waals surface area contributed by atoms with Gasteiger partial charge < -0.3 is 5.73 Å². The highest BCUT2D eigenvalue weighted by Gasteiger charge is 2.06. The molecular formula is C8H9FN4. The van der Waals surface area contributed by atoms with Gasteiger partial charge in [0, 0.05) is 12.6 Å². The third kappa shape index (κ3) is 1.12. The van der Waals surface area contributed by atoms with Crippen LogP contribution in [0.5, 0.6) is 0 Å². The molecule has 0 amide bonds. The Bertz CT molecular complexity index is 449. The van der Waals surface area contributed by atoms with Gasteiger partial charge in [0.15, 0.2) is 0 Å². The largest absolute Gasteiger partial charge is 0.396 e. The van der Waals surface area contributed by atoms with E-state index in [1.165, 1.54) is 12.1 Å². The van der Waals surface area contributed by atoms with Crippen molar-refractivity contribution in [3.8, 4) is 0 Å². The van der Waals surface area contributed by atoms with Crippen LogP contribution in [0.1, 0.15) is 6.92 Å². The number of halogens is 1. The summed E-state index contributed by atoms with van der Waals surface area (Å²) in [7, 11) is 0. The van der Waals surface area contributed by atoms with Gasteiger partial charge in [-0.2, -0.15) is 0 Å². The Labute approximate surface area is 74.1 Å². The molecule has 2 rings (SSSR count). The number of benzene rings is 1. The lowest BCUT2D eigenvalue weighted by Gasteiger charge is -1.98. The second kappa shape index (κ2) is 2.69. The maximum atomic E-state index is 13.0. The molecule has 0 aliphatic carbocycles. The molecule has 68 valence electrons. The minimum atomic E-state index is -0.426. The maximum absolute atomic E-state index is 13.0. The van der Waals surface area contributed by atoms with Crippen LogP contribution in [-0.2, 0) is 6.54 Å². The zero-order valence-electron chi connectivity index (χ0n) is 7.16. The molecule has 0 radical (unpaired) electrons. The van der Waals surface area contributed by atoms with E-state index in [4.69, 9.17) is 5.73 Å². The van der Waals surface area contributed by atoms with Crippen molar-refractivity contribution in [1.82, 2.24) is 15.0 Å². The lowest BCUT2D eigenvalue weighted by Crippen LogP contribution is -1.97. The van der Waals surface area contributed by atoms with Crippen LogP contribution in [0.2, 0.25) is 0 Å². The minimum absolute atomic E-state index is 0.107. The second-order valence-electron chi connectivity index (χ2n) is 2.77. The van der Waals surface area contributed by atoms with Crippen molar-refractivity contribution in [3.63, 3.8) is 0 Å². The van der Waals surface area contributed by atoms with E-state index < -0.39 is 5.82 Å². The van der Waals surface area contributed by atoms with E-state index in [9.17, 15) is 4.39 Å². The molecule has 5 heteroatoms. The summed E-state index contributed by atoms with van der Waals surface area (Å²) in [6.45, 7) is 2.59. The quantitative estimate of drug-likeness (QED) is 0.670. The normalized spacial score (nSPS) is 10.9. The molecule has 4 nitrogen and oxygen atoms in total. The average Bonchev–Trinajstić information content (AvgIpc) is 2.48. The van der Waals surface area contributed by atoms with Crippen molar-refractivity contribution >= 4 is 16.7 Å². The van der Waals surface area contributed by atoms with Crippen LogP contribution in [0.25, 0.3) is 11.0 Å². The molecule has 2 aromatic rings. The van der Waals surface area contributed by atoms with Gasteiger partial charge in [-0.05, 0) is 13.0 Å². The van der Waals surface area contributed by atoms with Crippen molar-refractivity contribution in [2.45, 2.75) is 13.5 Å². The van der Waals surface area contributed by atoms with Gasteiger partial charge in [-0.15, -0.1) is 5.10 Å². The van der Waals surface area contributed by atoms with Crippen molar-refractivity contribution < 1.29 is 4.39 Å². The smallest absolute Gasteiger partial charge is 0.148 e. The number of aromatic nitrogens is 3. The summed E-state index contributed by atoms with van der Waals surface area (Å²) in [5.41, 5.74) is 6.79. The molecule has 0 aliphatic heterocycles. The molecule has 0 fully saturated rings. The number of aryl methyl sites for hydroxylation is 1. The van der Waals surface area contributed by atoms with Crippen LogP contribution in [0.4, 0.5) is 10.1 Å². The van der Waals surface area contributed by atoms with Crippen LogP contribution in [0.3, 0.4) is 0 Å². The number of hydrogen-bond donors (Lipinski definition) is 1. The fraction of sp³-hybridized carbons (Fsp3) is 0.250. The number of nitrogen functional groups attached to an aromatic ring is 1. The number of nitrogens with zero attached hydrogens (tertiary/aromatic N) is 3. The molecular weight excluding hydrogens is 171 g/mol. The number of nitrogens with two attached hydrogens (primary N) is 1. The van der Waals surface area contributed by atoms with Crippen molar-refractivity contribution in [2.24, 2.45) is 0 Å². The Balaban J connectivity index is 2.77. The van der Waals surface area contributed by atoms with E-state index in [0.29, 0.717) is 17.6 Å². The standard InChI is InChI=1S/C8H9FN4/c1-2-13-8-3-5(9)6(10)4-7(8)11-12-13/h3-4H,2,10H2,1H3. The Morgan fingerprint density at radius 3 is 3.00 bits per heavy atom. The fourth-order valence-corrected chi connectivity index (χ4v) is 1.24. The predicted molar refractivity (Wildman–Crippen MR) is 47.6 cm³/mol. The van der Waals surface area contributed by atoms with Gasteiger partial charge >= 0.3 is 0 Å². The Hall–Kier alpha value is -1.65. The maximum Gasteiger partial charge on any atom is 0.148 e. The summed E-state index contributed by atoms with van der Waals surface area (Å²) in [5.74, 6) is -0.426. The number of anilines is 1. The topological polar surface area (TPSA) is 56.7 Å². The van der Waals surface area contributed by atoms with Gasteiger partial charge in [0.1, 0.15) is 11.3 Å². The van der Waals surface area contributed by atoms with E-state index >= 15 is 0 Å². The van der Waals surface area contributed by atoms with Gasteiger partial charge in [0.25, 0.3) is 0 Å². The van der Waals surface area contributed by atoms with Crippen LogP contribution in [0.15, 0.2) is 12.1 Å². The molecule has 0 atom stereocenters. The van der Waals surface area contributed by atoms with Crippen LogP contribution in [-0.4, -0.2) is 15.0 Å². The fourth-order valence-electron chi connectivity index (χ4n) is 1.24. The first-order valence-corrected chi connectivity index (χ1v) is 4.00. The van der Waals surface area contributed by atoms with E-state index in [2.05, 4.69) is 10.3 Å². The molecule has 0 spiro atoms. The third-order valence-corrected chi connectivity index (χ3v) is 1.93. The number of hydrogen-bond acceptors (Lipinski definition) is 3. The van der Waals surface area contributed by atoms with E-state index in [0.717, 1.165) is 0 Å². The molecule has 0 unspecified atom stereocenters. The summed E-state index contributed by atoms with van der Waals surface area (Å²) in [6, 6.07) is 2.85. The molecule has 2 N–H and O–H groups in total. The lowest BCUT2D eigenvalue weighted by atomic mass is 10.2. The van der Waals surface area contributed by atoms with Crippen LogP contribution < -0.4 is 5.73 Å². The zero-order valence-corrected chi connectivity index (χ0v) is 7.16.